The monoisotopic (exact) mass is 311 g/mol. The number of aryl methyl sites for hydroxylation is 2. The lowest BCUT2D eigenvalue weighted by Gasteiger charge is -2.23. The average molecular weight is 312 g/mol. The van der Waals surface area contributed by atoms with Gasteiger partial charge in [0.1, 0.15) is 10.2 Å². The molecule has 0 bridgehead atoms. The zero-order valence-electron chi connectivity index (χ0n) is 9.99. The topological polar surface area (TPSA) is 33.1 Å². The normalized spacial score (nSPS) is 14.6. The minimum Gasteiger partial charge on any atom is -0.380 e. The Kier molecular flexibility index (Phi) is 3.39. The predicted molar refractivity (Wildman–Crippen MR) is 74.4 cm³/mol. The van der Waals surface area contributed by atoms with Gasteiger partial charge in [0.05, 0.1) is 10.4 Å². The fourth-order valence-electron chi connectivity index (χ4n) is 1.72. The number of hydrogen-bond donors (Lipinski definition) is 1. The Morgan fingerprint density at radius 1 is 1.29 bits per heavy atom. The van der Waals surface area contributed by atoms with Crippen LogP contribution in [0.1, 0.15) is 28.5 Å². The van der Waals surface area contributed by atoms with Gasteiger partial charge >= 0.3 is 0 Å². The number of rotatable bonds is 2. The summed E-state index contributed by atoms with van der Waals surface area (Å²) in [6, 6.07) is 6.03. The van der Waals surface area contributed by atoms with Crippen LogP contribution in [0, 0.1) is 13.8 Å². The standard InChI is InChI=1S/C13H14BrNOS/c1-8-4-5-10(6-9(8)2)13(3,16)11-12(14)15-7-17-11/h4-7,16H,1-3H3. The number of aromatic nitrogens is 1. The molecule has 0 aliphatic heterocycles. The molecule has 1 aromatic heterocycles. The van der Waals surface area contributed by atoms with Crippen LogP contribution in [0.5, 0.6) is 0 Å². The van der Waals surface area contributed by atoms with Gasteiger partial charge in [0, 0.05) is 0 Å². The van der Waals surface area contributed by atoms with E-state index in [4.69, 9.17) is 0 Å². The van der Waals surface area contributed by atoms with E-state index in [0.717, 1.165) is 10.4 Å². The minimum atomic E-state index is -1.00. The lowest BCUT2D eigenvalue weighted by molar-refractivity contribution is 0.105. The van der Waals surface area contributed by atoms with Crippen molar-refractivity contribution in [1.29, 1.82) is 0 Å². The van der Waals surface area contributed by atoms with Crippen LogP contribution >= 0.6 is 27.3 Å². The molecule has 0 radical (unpaired) electrons. The largest absolute Gasteiger partial charge is 0.380 e. The van der Waals surface area contributed by atoms with Crippen LogP contribution < -0.4 is 0 Å². The predicted octanol–water partition coefficient (Wildman–Crippen LogP) is 3.78. The van der Waals surface area contributed by atoms with Crippen molar-refractivity contribution < 1.29 is 5.11 Å². The molecule has 2 aromatic rings. The maximum atomic E-state index is 10.7. The van der Waals surface area contributed by atoms with Crippen molar-refractivity contribution in [3.63, 3.8) is 0 Å². The van der Waals surface area contributed by atoms with E-state index in [1.165, 1.54) is 22.5 Å². The quantitative estimate of drug-likeness (QED) is 0.915. The minimum absolute atomic E-state index is 0.714. The van der Waals surface area contributed by atoms with Gasteiger partial charge in [-0.2, -0.15) is 0 Å². The SMILES string of the molecule is Cc1ccc(C(C)(O)c2scnc2Br)cc1C. The Hall–Kier alpha value is -0.710. The summed E-state index contributed by atoms with van der Waals surface area (Å²) < 4.78 is 0.714. The summed E-state index contributed by atoms with van der Waals surface area (Å²) in [4.78, 5) is 4.96. The molecule has 2 nitrogen and oxygen atoms in total. The van der Waals surface area contributed by atoms with E-state index in [9.17, 15) is 5.11 Å². The van der Waals surface area contributed by atoms with Crippen LogP contribution in [0.15, 0.2) is 28.3 Å². The van der Waals surface area contributed by atoms with Crippen LogP contribution in [0.3, 0.4) is 0 Å². The third-order valence-corrected chi connectivity index (χ3v) is 4.94. The maximum Gasteiger partial charge on any atom is 0.124 e. The second-order valence-corrected chi connectivity index (χ2v) is 5.95. The number of hydrogen-bond acceptors (Lipinski definition) is 3. The van der Waals surface area contributed by atoms with Crippen molar-refractivity contribution in [2.45, 2.75) is 26.4 Å². The van der Waals surface area contributed by atoms with Gasteiger partial charge in [0.25, 0.3) is 0 Å². The molecule has 1 atom stereocenters. The van der Waals surface area contributed by atoms with Crippen LogP contribution in [-0.4, -0.2) is 10.1 Å². The Morgan fingerprint density at radius 3 is 2.53 bits per heavy atom. The van der Waals surface area contributed by atoms with Gasteiger partial charge in [-0.1, -0.05) is 18.2 Å². The van der Waals surface area contributed by atoms with Crippen LogP contribution in [0.2, 0.25) is 0 Å². The third-order valence-electron chi connectivity index (χ3n) is 3.04. The van der Waals surface area contributed by atoms with Gasteiger partial charge in [-0.15, -0.1) is 11.3 Å². The molecule has 0 amide bonds. The molecule has 1 unspecified atom stereocenters. The van der Waals surface area contributed by atoms with Crippen molar-refractivity contribution in [3.8, 4) is 0 Å². The first-order chi connectivity index (χ1) is 7.93. The second-order valence-electron chi connectivity index (χ2n) is 4.34. The summed E-state index contributed by atoms with van der Waals surface area (Å²) in [5.74, 6) is 0. The molecule has 1 N–H and O–H groups in total. The van der Waals surface area contributed by atoms with Crippen molar-refractivity contribution in [2.24, 2.45) is 0 Å². The molecular formula is C13H14BrNOS. The molecule has 1 aromatic carbocycles. The highest BCUT2D eigenvalue weighted by molar-refractivity contribution is 9.10. The number of halogens is 1. The molecule has 90 valence electrons. The summed E-state index contributed by atoms with van der Waals surface area (Å²) >= 11 is 4.83. The third kappa shape index (κ3) is 2.30. The fraction of sp³-hybridized carbons (Fsp3) is 0.308. The van der Waals surface area contributed by atoms with E-state index in [1.807, 2.05) is 18.2 Å². The molecule has 4 heteroatoms. The molecule has 2 rings (SSSR count). The molecule has 0 aliphatic rings. The van der Waals surface area contributed by atoms with Gasteiger partial charge in [0.15, 0.2) is 0 Å². The highest BCUT2D eigenvalue weighted by atomic mass is 79.9. The van der Waals surface area contributed by atoms with Crippen molar-refractivity contribution >= 4 is 27.3 Å². The summed E-state index contributed by atoms with van der Waals surface area (Å²) in [5, 5.41) is 10.7. The summed E-state index contributed by atoms with van der Waals surface area (Å²) in [5.41, 5.74) is 4.04. The van der Waals surface area contributed by atoms with E-state index in [2.05, 4.69) is 34.8 Å². The molecule has 0 spiro atoms. The van der Waals surface area contributed by atoms with Crippen molar-refractivity contribution in [2.75, 3.05) is 0 Å². The molecule has 1 heterocycles. The highest BCUT2D eigenvalue weighted by Crippen LogP contribution is 2.36. The number of aliphatic hydroxyl groups is 1. The van der Waals surface area contributed by atoms with Gasteiger partial charge in [-0.05, 0) is 53.4 Å². The average Bonchev–Trinajstić information content (AvgIpc) is 2.69. The van der Waals surface area contributed by atoms with E-state index < -0.39 is 5.60 Å². The van der Waals surface area contributed by atoms with Crippen molar-refractivity contribution in [3.05, 3.63) is 49.9 Å². The number of nitrogens with zero attached hydrogens (tertiary/aromatic N) is 1. The first kappa shape index (κ1) is 12.7. The number of benzene rings is 1. The summed E-state index contributed by atoms with van der Waals surface area (Å²) in [6.45, 7) is 5.92. The Balaban J connectivity index is 2.51. The summed E-state index contributed by atoms with van der Waals surface area (Å²) in [7, 11) is 0. The first-order valence-electron chi connectivity index (χ1n) is 5.32. The van der Waals surface area contributed by atoms with Gasteiger partial charge < -0.3 is 5.11 Å². The molecular weight excluding hydrogens is 298 g/mol. The number of thiazole rings is 1. The fourth-order valence-corrected chi connectivity index (χ4v) is 3.39. The lowest BCUT2D eigenvalue weighted by Crippen LogP contribution is -2.22. The van der Waals surface area contributed by atoms with Gasteiger partial charge in [0.2, 0.25) is 0 Å². The molecule has 0 aliphatic carbocycles. The molecule has 0 fully saturated rings. The smallest absolute Gasteiger partial charge is 0.124 e. The van der Waals surface area contributed by atoms with E-state index in [1.54, 1.807) is 12.4 Å². The van der Waals surface area contributed by atoms with Gasteiger partial charge in [-0.25, -0.2) is 4.98 Å². The van der Waals surface area contributed by atoms with E-state index >= 15 is 0 Å². The highest BCUT2D eigenvalue weighted by Gasteiger charge is 2.30. The van der Waals surface area contributed by atoms with E-state index in [-0.39, 0.29) is 0 Å². The van der Waals surface area contributed by atoms with Crippen molar-refractivity contribution in [1.82, 2.24) is 4.98 Å². The molecule has 0 saturated carbocycles. The molecule has 17 heavy (non-hydrogen) atoms. The van der Waals surface area contributed by atoms with Crippen LogP contribution in [0.4, 0.5) is 0 Å². The van der Waals surface area contributed by atoms with E-state index in [0.29, 0.717) is 4.60 Å². The zero-order valence-corrected chi connectivity index (χ0v) is 12.4. The van der Waals surface area contributed by atoms with Crippen LogP contribution in [-0.2, 0) is 5.60 Å². The zero-order chi connectivity index (χ0) is 12.6. The van der Waals surface area contributed by atoms with Crippen LogP contribution in [0.25, 0.3) is 0 Å². The summed E-state index contributed by atoms with van der Waals surface area (Å²) in [6.07, 6.45) is 0. The maximum absolute atomic E-state index is 10.7. The first-order valence-corrected chi connectivity index (χ1v) is 6.99. The lowest BCUT2D eigenvalue weighted by atomic mass is 9.92. The molecule has 0 saturated heterocycles. The Bertz CT molecular complexity index is 548. The Morgan fingerprint density at radius 2 is 2.00 bits per heavy atom. The second kappa shape index (κ2) is 4.52. The van der Waals surface area contributed by atoms with Gasteiger partial charge in [-0.3, -0.25) is 0 Å². The Labute approximate surface area is 113 Å².